The number of carbonyl (C=O) groups is 2. The molecule has 31 heavy (non-hydrogen) atoms. The predicted molar refractivity (Wildman–Crippen MR) is 114 cm³/mol. The van der Waals surface area contributed by atoms with Crippen LogP contribution in [0.1, 0.15) is 50.6 Å². The number of nitrogens with zero attached hydrogens (tertiary/aromatic N) is 2. The van der Waals surface area contributed by atoms with E-state index in [1.165, 1.54) is 22.3 Å². The molecule has 8 nitrogen and oxygen atoms in total. The molecule has 0 aromatic heterocycles. The zero-order chi connectivity index (χ0) is 22.6. The molecule has 2 aliphatic rings. The van der Waals surface area contributed by atoms with Crippen molar-refractivity contribution in [3.63, 3.8) is 0 Å². The number of sulfonamides is 1. The molecule has 1 aliphatic carbocycles. The highest BCUT2D eigenvalue weighted by Crippen LogP contribution is 2.32. The van der Waals surface area contributed by atoms with E-state index >= 15 is 0 Å². The second-order valence-corrected chi connectivity index (χ2v) is 10.4. The van der Waals surface area contributed by atoms with Crippen LogP contribution in [0.25, 0.3) is 0 Å². The minimum Gasteiger partial charge on any atom is -0.490 e. The lowest BCUT2D eigenvalue weighted by Crippen LogP contribution is -2.32. The molecule has 1 atom stereocenters. The summed E-state index contributed by atoms with van der Waals surface area (Å²) in [6, 6.07) is 3.61. The Kier molecular flexibility index (Phi) is 7.53. The summed E-state index contributed by atoms with van der Waals surface area (Å²) < 4.78 is 46.4. The van der Waals surface area contributed by atoms with E-state index in [4.69, 9.17) is 4.74 Å². The van der Waals surface area contributed by atoms with E-state index in [9.17, 15) is 22.4 Å². The Hall–Kier alpha value is -2.20. The molecule has 1 aliphatic heterocycles. The van der Waals surface area contributed by atoms with Gasteiger partial charge in [-0.2, -0.15) is 4.31 Å². The van der Waals surface area contributed by atoms with E-state index < -0.39 is 27.9 Å². The van der Waals surface area contributed by atoms with Crippen molar-refractivity contribution in [2.75, 3.05) is 32.5 Å². The fourth-order valence-corrected chi connectivity index (χ4v) is 4.87. The summed E-state index contributed by atoms with van der Waals surface area (Å²) in [7, 11) is -1.99. The van der Waals surface area contributed by atoms with Gasteiger partial charge in [0.25, 0.3) is 0 Å². The van der Waals surface area contributed by atoms with Crippen LogP contribution in [0.3, 0.4) is 0 Å². The van der Waals surface area contributed by atoms with Crippen LogP contribution >= 0.6 is 0 Å². The number of halogens is 1. The summed E-state index contributed by atoms with van der Waals surface area (Å²) in [6.07, 6.45) is 3.89. The summed E-state index contributed by atoms with van der Waals surface area (Å²) in [5, 5.41) is 2.21. The molecule has 3 rings (SSSR count). The second-order valence-electron chi connectivity index (χ2n) is 8.29. The quantitative estimate of drug-likeness (QED) is 0.386. The lowest BCUT2D eigenvalue weighted by molar-refractivity contribution is -0.118. The van der Waals surface area contributed by atoms with Gasteiger partial charge in [-0.3, -0.25) is 10.1 Å². The van der Waals surface area contributed by atoms with Gasteiger partial charge in [0.1, 0.15) is 6.54 Å². The molecule has 1 heterocycles. The smallest absolute Gasteiger partial charge is 0.324 e. The minimum absolute atomic E-state index is 0.0226. The molecule has 0 radical (unpaired) electrons. The average molecular weight is 456 g/mol. The zero-order valence-corrected chi connectivity index (χ0v) is 18.8. The van der Waals surface area contributed by atoms with E-state index in [-0.39, 0.29) is 24.0 Å². The number of carbonyl (C=O) groups excluding carboxylic acids is 2. The maximum Gasteiger partial charge on any atom is 0.324 e. The first-order valence-electron chi connectivity index (χ1n) is 10.6. The first-order valence-corrected chi connectivity index (χ1v) is 12.2. The third kappa shape index (κ3) is 6.39. The number of hydrogen-bond acceptors (Lipinski definition) is 5. The Morgan fingerprint density at radius 3 is 2.65 bits per heavy atom. The maximum atomic E-state index is 14.0. The number of unbranched alkanes of at least 4 members (excludes halogenated alkanes) is 2. The third-order valence-electron chi connectivity index (χ3n) is 5.79. The van der Waals surface area contributed by atoms with Crippen LogP contribution in [0.4, 0.5) is 9.18 Å². The summed E-state index contributed by atoms with van der Waals surface area (Å²) in [6.45, 7) is 2.72. The standard InChI is InChI=1S/C21H30FN3O5S/c1-15(17-8-9-18(22)19(12-17)30-14-16-6-7-16)24(2)31(28,29)11-5-3-4-10-25-13-20(26)23-21(25)27/h8-9,12,15-16H,3-7,10-11,13-14H2,1-2H3,(H,23,26,27)/t15-/m1/s1. The van der Waals surface area contributed by atoms with Crippen molar-refractivity contribution in [3.8, 4) is 5.75 Å². The Morgan fingerprint density at radius 2 is 2.00 bits per heavy atom. The molecular formula is C21H30FN3O5S. The minimum atomic E-state index is -3.51. The summed E-state index contributed by atoms with van der Waals surface area (Å²) in [4.78, 5) is 24.1. The van der Waals surface area contributed by atoms with E-state index in [1.807, 2.05) is 0 Å². The lowest BCUT2D eigenvalue weighted by Gasteiger charge is -2.25. The second kappa shape index (κ2) is 9.95. The molecule has 3 amide bonds. The van der Waals surface area contributed by atoms with Crippen LogP contribution < -0.4 is 10.1 Å². The van der Waals surface area contributed by atoms with Crippen molar-refractivity contribution in [1.82, 2.24) is 14.5 Å². The number of hydrogen-bond donors (Lipinski definition) is 1. The molecule has 0 spiro atoms. The van der Waals surface area contributed by atoms with Gasteiger partial charge in [0, 0.05) is 19.6 Å². The van der Waals surface area contributed by atoms with Crippen LogP contribution in [-0.4, -0.2) is 62.1 Å². The average Bonchev–Trinajstić information content (AvgIpc) is 3.49. The highest BCUT2D eigenvalue weighted by molar-refractivity contribution is 7.89. The number of ether oxygens (including phenoxy) is 1. The fraction of sp³-hybridized carbons (Fsp3) is 0.619. The summed E-state index contributed by atoms with van der Waals surface area (Å²) in [5.41, 5.74) is 0.669. The van der Waals surface area contributed by atoms with Gasteiger partial charge in [0.05, 0.1) is 12.4 Å². The maximum absolute atomic E-state index is 14.0. The number of benzene rings is 1. The van der Waals surface area contributed by atoms with Gasteiger partial charge in [-0.15, -0.1) is 0 Å². The Labute approximate surface area is 182 Å². The highest BCUT2D eigenvalue weighted by Gasteiger charge is 2.27. The molecule has 1 saturated carbocycles. The number of imide groups is 1. The van der Waals surface area contributed by atoms with Gasteiger partial charge >= 0.3 is 6.03 Å². The van der Waals surface area contributed by atoms with E-state index in [0.717, 1.165) is 12.8 Å². The number of urea groups is 1. The van der Waals surface area contributed by atoms with Gasteiger partial charge in [-0.1, -0.05) is 12.5 Å². The van der Waals surface area contributed by atoms with Crippen LogP contribution in [0, 0.1) is 11.7 Å². The van der Waals surface area contributed by atoms with E-state index in [0.29, 0.717) is 43.9 Å². The topological polar surface area (TPSA) is 96.0 Å². The van der Waals surface area contributed by atoms with E-state index in [1.54, 1.807) is 19.1 Å². The molecule has 1 aromatic carbocycles. The van der Waals surface area contributed by atoms with Crippen LogP contribution in [0.15, 0.2) is 18.2 Å². The molecule has 172 valence electrons. The SMILES string of the molecule is C[C@H](c1ccc(F)c(OCC2CC2)c1)N(C)S(=O)(=O)CCCCCN1CC(=O)NC1=O. The van der Waals surface area contributed by atoms with Gasteiger partial charge in [-0.25, -0.2) is 17.6 Å². The molecule has 1 N–H and O–H groups in total. The Balaban J connectivity index is 1.48. The lowest BCUT2D eigenvalue weighted by atomic mass is 10.1. The number of rotatable bonds is 12. The van der Waals surface area contributed by atoms with Crippen molar-refractivity contribution < 1.29 is 27.1 Å². The monoisotopic (exact) mass is 455 g/mol. The Morgan fingerprint density at radius 1 is 1.26 bits per heavy atom. The van der Waals surface area contributed by atoms with Crippen molar-refractivity contribution in [1.29, 1.82) is 0 Å². The third-order valence-corrected chi connectivity index (χ3v) is 7.79. The van der Waals surface area contributed by atoms with Crippen molar-refractivity contribution >= 4 is 22.0 Å². The Bertz CT molecular complexity index is 920. The van der Waals surface area contributed by atoms with Gasteiger partial charge in [-0.05, 0) is 56.2 Å². The van der Waals surface area contributed by atoms with Crippen LogP contribution in [-0.2, 0) is 14.8 Å². The molecular weight excluding hydrogens is 425 g/mol. The zero-order valence-electron chi connectivity index (χ0n) is 18.0. The molecule has 2 fully saturated rings. The first-order chi connectivity index (χ1) is 14.7. The number of amides is 3. The van der Waals surface area contributed by atoms with Gasteiger partial charge in [0.15, 0.2) is 11.6 Å². The normalized spacial score (nSPS) is 17.9. The summed E-state index contributed by atoms with van der Waals surface area (Å²) >= 11 is 0. The van der Waals surface area contributed by atoms with Gasteiger partial charge < -0.3 is 9.64 Å². The van der Waals surface area contributed by atoms with Crippen molar-refractivity contribution in [2.45, 2.75) is 45.1 Å². The molecule has 1 saturated heterocycles. The van der Waals surface area contributed by atoms with Crippen molar-refractivity contribution in [3.05, 3.63) is 29.6 Å². The predicted octanol–water partition coefficient (Wildman–Crippen LogP) is 2.66. The van der Waals surface area contributed by atoms with Gasteiger partial charge in [0.2, 0.25) is 15.9 Å². The first kappa shape index (κ1) is 23.5. The molecule has 0 unspecified atom stereocenters. The van der Waals surface area contributed by atoms with Crippen LogP contribution in [0.5, 0.6) is 5.75 Å². The number of nitrogens with one attached hydrogen (secondary N) is 1. The largest absolute Gasteiger partial charge is 0.490 e. The molecule has 10 heteroatoms. The fourth-order valence-electron chi connectivity index (χ4n) is 3.40. The molecule has 1 aromatic rings. The van der Waals surface area contributed by atoms with Crippen LogP contribution in [0.2, 0.25) is 0 Å². The van der Waals surface area contributed by atoms with E-state index in [2.05, 4.69) is 5.32 Å². The summed E-state index contributed by atoms with van der Waals surface area (Å²) in [5.74, 6) is -0.138. The van der Waals surface area contributed by atoms with Crippen molar-refractivity contribution in [2.24, 2.45) is 5.92 Å². The molecule has 0 bridgehead atoms. The highest BCUT2D eigenvalue weighted by atomic mass is 32.2.